The smallest absolute Gasteiger partial charge is 0.166 e. The van der Waals surface area contributed by atoms with Crippen LogP contribution in [0, 0.1) is 5.92 Å². The van der Waals surface area contributed by atoms with E-state index < -0.39 is 0 Å². The lowest BCUT2D eigenvalue weighted by molar-refractivity contribution is 0.185. The predicted octanol–water partition coefficient (Wildman–Crippen LogP) is 2.56. The molecule has 0 aliphatic carbocycles. The van der Waals surface area contributed by atoms with Crippen LogP contribution in [0.25, 0.3) is 0 Å². The Morgan fingerprint density at radius 1 is 1.50 bits per heavy atom. The van der Waals surface area contributed by atoms with Crippen molar-refractivity contribution in [2.75, 3.05) is 6.61 Å². The summed E-state index contributed by atoms with van der Waals surface area (Å²) in [6, 6.07) is 0. The van der Waals surface area contributed by atoms with Crippen LogP contribution < -0.4 is 0 Å². The monoisotopic (exact) mass is 170 g/mol. The van der Waals surface area contributed by atoms with Gasteiger partial charge in [0.25, 0.3) is 0 Å². The molecule has 70 valence electrons. The van der Waals surface area contributed by atoms with Crippen molar-refractivity contribution in [1.29, 1.82) is 0 Å². The highest BCUT2D eigenvalue weighted by atomic mass is 16.5. The largest absolute Gasteiger partial charge is 0.489 e. The summed E-state index contributed by atoms with van der Waals surface area (Å²) in [5, 5.41) is 0. The molecule has 0 radical (unpaired) electrons. The Morgan fingerprint density at radius 3 is 2.75 bits per heavy atom. The topological polar surface area (TPSA) is 26.3 Å². The lowest BCUT2D eigenvalue weighted by Gasteiger charge is -2.12. The van der Waals surface area contributed by atoms with Gasteiger partial charge >= 0.3 is 0 Å². The van der Waals surface area contributed by atoms with E-state index in [1.807, 2.05) is 0 Å². The van der Waals surface area contributed by atoms with Gasteiger partial charge in [-0.15, -0.1) is 0 Å². The third-order valence-electron chi connectivity index (χ3n) is 2.01. The van der Waals surface area contributed by atoms with Gasteiger partial charge in [-0.3, -0.25) is 0 Å². The van der Waals surface area contributed by atoms with Crippen LogP contribution in [0.2, 0.25) is 0 Å². The second kappa shape index (κ2) is 8.35. The van der Waals surface area contributed by atoms with Crippen LogP contribution in [0.1, 0.15) is 39.5 Å². The minimum absolute atomic E-state index is 0.592. The maximum absolute atomic E-state index is 9.78. The van der Waals surface area contributed by atoms with Crippen molar-refractivity contribution in [3.05, 3.63) is 6.26 Å². The molecule has 0 rings (SSSR count). The number of rotatable bonds is 7. The summed E-state index contributed by atoms with van der Waals surface area (Å²) in [6.45, 7) is 4.99. The summed E-state index contributed by atoms with van der Waals surface area (Å²) in [6.07, 6.45) is 5.88. The van der Waals surface area contributed by atoms with Crippen LogP contribution in [0.3, 0.4) is 0 Å². The van der Waals surface area contributed by atoms with Crippen LogP contribution in [-0.2, 0) is 9.53 Å². The highest BCUT2D eigenvalue weighted by molar-refractivity contribution is 5.42. The van der Waals surface area contributed by atoms with Crippen LogP contribution in [0.15, 0.2) is 6.26 Å². The minimum Gasteiger partial charge on any atom is -0.489 e. The first-order valence-electron chi connectivity index (χ1n) is 4.66. The molecule has 0 N–H and O–H groups in total. The van der Waals surface area contributed by atoms with E-state index in [0.717, 1.165) is 12.7 Å². The average Bonchev–Trinajstić information content (AvgIpc) is 2.11. The molecular formula is C10H18O2. The van der Waals surface area contributed by atoms with Gasteiger partial charge in [0.2, 0.25) is 0 Å². The van der Waals surface area contributed by atoms with E-state index in [4.69, 9.17) is 4.74 Å². The van der Waals surface area contributed by atoms with Crippen molar-refractivity contribution in [2.45, 2.75) is 39.5 Å². The molecule has 0 aromatic heterocycles. The molecule has 12 heavy (non-hydrogen) atoms. The molecule has 2 heteroatoms. The lowest BCUT2D eigenvalue weighted by Crippen LogP contribution is -2.06. The molecule has 0 saturated heterocycles. The SMILES string of the molecule is CCCCC(CC)COC=C=O. The lowest BCUT2D eigenvalue weighted by atomic mass is 10.0. The summed E-state index contributed by atoms with van der Waals surface area (Å²) in [7, 11) is 0. The third kappa shape index (κ3) is 5.99. The van der Waals surface area contributed by atoms with Gasteiger partial charge < -0.3 is 4.74 Å². The number of ether oxygens (including phenoxy) is 1. The minimum atomic E-state index is 0.592. The number of unbranched alkanes of at least 4 members (excludes halogenated alkanes) is 1. The first kappa shape index (κ1) is 11.2. The molecule has 0 saturated carbocycles. The first-order chi connectivity index (χ1) is 5.85. The summed E-state index contributed by atoms with van der Waals surface area (Å²) in [5.74, 6) is 2.20. The van der Waals surface area contributed by atoms with E-state index in [0.29, 0.717) is 12.5 Å². The molecule has 0 spiro atoms. The first-order valence-corrected chi connectivity index (χ1v) is 4.66. The van der Waals surface area contributed by atoms with Crippen molar-refractivity contribution in [3.8, 4) is 0 Å². The summed E-state index contributed by atoms with van der Waals surface area (Å²) in [5.41, 5.74) is 0. The molecular weight excluding hydrogens is 152 g/mol. The van der Waals surface area contributed by atoms with E-state index in [-0.39, 0.29) is 0 Å². The van der Waals surface area contributed by atoms with E-state index >= 15 is 0 Å². The van der Waals surface area contributed by atoms with Crippen LogP contribution in [0.5, 0.6) is 0 Å². The van der Waals surface area contributed by atoms with Crippen LogP contribution >= 0.6 is 0 Å². The van der Waals surface area contributed by atoms with Gasteiger partial charge in [0, 0.05) is 0 Å². The number of carbonyl (C=O) groups excluding carboxylic acids is 1. The maximum Gasteiger partial charge on any atom is 0.166 e. The Morgan fingerprint density at radius 2 is 2.25 bits per heavy atom. The summed E-state index contributed by atoms with van der Waals surface area (Å²) in [4.78, 5) is 9.78. The Kier molecular flexibility index (Phi) is 7.83. The van der Waals surface area contributed by atoms with Gasteiger partial charge in [-0.2, -0.15) is 0 Å². The molecule has 2 nitrogen and oxygen atoms in total. The Balaban J connectivity index is 3.45. The maximum atomic E-state index is 9.78. The zero-order valence-electron chi connectivity index (χ0n) is 8.01. The molecule has 0 aliphatic rings. The second-order valence-electron chi connectivity index (χ2n) is 2.99. The van der Waals surface area contributed by atoms with Crippen molar-refractivity contribution < 1.29 is 9.53 Å². The van der Waals surface area contributed by atoms with E-state index in [9.17, 15) is 4.79 Å². The molecule has 0 aromatic rings. The molecule has 1 unspecified atom stereocenters. The normalized spacial score (nSPS) is 11.8. The fraction of sp³-hybridized carbons (Fsp3) is 0.800. The van der Waals surface area contributed by atoms with Gasteiger partial charge in [0.1, 0.15) is 0 Å². The van der Waals surface area contributed by atoms with E-state index in [1.54, 1.807) is 5.94 Å². The van der Waals surface area contributed by atoms with Crippen molar-refractivity contribution >= 4 is 5.94 Å². The Hall–Kier alpha value is -0.750. The summed E-state index contributed by atoms with van der Waals surface area (Å²) < 4.78 is 4.98. The highest BCUT2D eigenvalue weighted by Crippen LogP contribution is 2.12. The van der Waals surface area contributed by atoms with Gasteiger partial charge in [-0.25, -0.2) is 4.79 Å². The quantitative estimate of drug-likeness (QED) is 0.433. The van der Waals surface area contributed by atoms with Crippen LogP contribution in [-0.4, -0.2) is 12.5 Å². The highest BCUT2D eigenvalue weighted by Gasteiger charge is 2.04. The summed E-state index contributed by atoms with van der Waals surface area (Å²) >= 11 is 0. The number of hydrogen-bond donors (Lipinski definition) is 0. The average molecular weight is 170 g/mol. The Labute approximate surface area is 74.6 Å². The van der Waals surface area contributed by atoms with Gasteiger partial charge in [0.15, 0.2) is 12.2 Å². The number of hydrogen-bond acceptors (Lipinski definition) is 2. The standard InChI is InChI=1S/C10H18O2/c1-3-5-6-10(4-2)9-12-8-7-11/h8,10H,3-6,9H2,1-2H3. The molecule has 0 fully saturated rings. The van der Waals surface area contributed by atoms with Crippen molar-refractivity contribution in [3.63, 3.8) is 0 Å². The Bertz CT molecular complexity index is 137. The van der Waals surface area contributed by atoms with Crippen molar-refractivity contribution in [2.24, 2.45) is 5.92 Å². The fourth-order valence-electron chi connectivity index (χ4n) is 1.12. The van der Waals surface area contributed by atoms with Crippen molar-refractivity contribution in [1.82, 2.24) is 0 Å². The van der Waals surface area contributed by atoms with Gasteiger partial charge in [0.05, 0.1) is 6.61 Å². The molecule has 0 aliphatic heterocycles. The predicted molar refractivity (Wildman–Crippen MR) is 49.5 cm³/mol. The molecule has 0 heterocycles. The zero-order valence-corrected chi connectivity index (χ0v) is 8.01. The molecule has 0 aromatic carbocycles. The van der Waals surface area contributed by atoms with Gasteiger partial charge in [-0.1, -0.05) is 33.1 Å². The van der Waals surface area contributed by atoms with Gasteiger partial charge in [-0.05, 0) is 12.3 Å². The van der Waals surface area contributed by atoms with E-state index in [1.165, 1.54) is 19.3 Å². The van der Waals surface area contributed by atoms with Crippen LogP contribution in [0.4, 0.5) is 0 Å². The molecule has 0 bridgehead atoms. The van der Waals surface area contributed by atoms with E-state index in [2.05, 4.69) is 13.8 Å². The second-order valence-corrected chi connectivity index (χ2v) is 2.99. The zero-order chi connectivity index (χ0) is 9.23. The fourth-order valence-corrected chi connectivity index (χ4v) is 1.12. The third-order valence-corrected chi connectivity index (χ3v) is 2.01. The molecule has 0 amide bonds. The molecule has 1 atom stereocenters.